The first kappa shape index (κ1) is 32.7. The maximum absolute atomic E-state index is 6.38. The molecule has 0 aliphatic rings. The van der Waals surface area contributed by atoms with Crippen molar-refractivity contribution < 1.29 is 8.83 Å². The molecular formula is C53H34N2O2. The van der Waals surface area contributed by atoms with Gasteiger partial charge in [-0.3, -0.25) is 0 Å². The van der Waals surface area contributed by atoms with Crippen LogP contribution in [0.2, 0.25) is 0 Å². The van der Waals surface area contributed by atoms with Crippen molar-refractivity contribution >= 4 is 60.9 Å². The summed E-state index contributed by atoms with van der Waals surface area (Å²) >= 11 is 0. The molecule has 0 unspecified atom stereocenters. The van der Waals surface area contributed by atoms with Gasteiger partial charge in [0.1, 0.15) is 16.7 Å². The van der Waals surface area contributed by atoms with Crippen molar-refractivity contribution in [3.63, 3.8) is 0 Å². The van der Waals surface area contributed by atoms with Crippen LogP contribution in [0.5, 0.6) is 0 Å². The van der Waals surface area contributed by atoms with Crippen LogP contribution in [0.15, 0.2) is 215 Å². The summed E-state index contributed by atoms with van der Waals surface area (Å²) in [7, 11) is 0. The quantitative estimate of drug-likeness (QED) is 0.164. The highest BCUT2D eigenvalue weighted by Crippen LogP contribution is 2.43. The minimum atomic E-state index is 0.561. The number of hydrogen-bond donors (Lipinski definition) is 0. The Morgan fingerprint density at radius 3 is 1.91 bits per heavy atom. The number of nitrogens with zero attached hydrogens (tertiary/aromatic N) is 2. The second-order valence-electron chi connectivity index (χ2n) is 14.4. The van der Waals surface area contributed by atoms with E-state index < -0.39 is 0 Å². The molecule has 57 heavy (non-hydrogen) atoms. The van der Waals surface area contributed by atoms with E-state index in [4.69, 9.17) is 13.8 Å². The van der Waals surface area contributed by atoms with Crippen molar-refractivity contribution in [2.24, 2.45) is 0 Å². The summed E-state index contributed by atoms with van der Waals surface area (Å²) in [6, 6.07) is 72.5. The third-order valence-electron chi connectivity index (χ3n) is 10.9. The first-order valence-corrected chi connectivity index (χ1v) is 19.2. The zero-order valence-corrected chi connectivity index (χ0v) is 30.8. The van der Waals surface area contributed by atoms with Gasteiger partial charge in [-0.05, 0) is 99.8 Å². The number of oxazole rings is 1. The van der Waals surface area contributed by atoms with Crippen LogP contribution < -0.4 is 4.90 Å². The largest absolute Gasteiger partial charge is 0.456 e. The van der Waals surface area contributed by atoms with Crippen molar-refractivity contribution in [2.45, 2.75) is 0 Å². The maximum Gasteiger partial charge on any atom is 0.227 e. The Morgan fingerprint density at radius 1 is 0.351 bits per heavy atom. The molecule has 2 heterocycles. The summed E-state index contributed by atoms with van der Waals surface area (Å²) in [5, 5.41) is 4.63. The molecule has 2 aromatic heterocycles. The second kappa shape index (κ2) is 13.6. The molecule has 9 aromatic carbocycles. The van der Waals surface area contributed by atoms with Crippen LogP contribution in [0, 0.1) is 0 Å². The first-order chi connectivity index (χ1) is 28.2. The molecule has 268 valence electrons. The highest BCUT2D eigenvalue weighted by atomic mass is 16.3. The minimum absolute atomic E-state index is 0.561. The van der Waals surface area contributed by atoms with E-state index in [1.807, 2.05) is 36.4 Å². The van der Waals surface area contributed by atoms with Crippen LogP contribution in [0.4, 0.5) is 17.1 Å². The van der Waals surface area contributed by atoms with E-state index >= 15 is 0 Å². The van der Waals surface area contributed by atoms with Crippen molar-refractivity contribution in [3.8, 4) is 44.8 Å². The molecule has 0 bridgehead atoms. The van der Waals surface area contributed by atoms with E-state index in [9.17, 15) is 0 Å². The molecular weight excluding hydrogens is 697 g/mol. The lowest BCUT2D eigenvalue weighted by molar-refractivity contribution is 0.619. The van der Waals surface area contributed by atoms with Gasteiger partial charge in [0.25, 0.3) is 0 Å². The van der Waals surface area contributed by atoms with E-state index in [-0.39, 0.29) is 0 Å². The van der Waals surface area contributed by atoms with Crippen molar-refractivity contribution in [2.75, 3.05) is 4.90 Å². The van der Waals surface area contributed by atoms with Crippen molar-refractivity contribution in [1.82, 2.24) is 4.98 Å². The molecule has 0 N–H and O–H groups in total. The van der Waals surface area contributed by atoms with E-state index in [0.717, 1.165) is 83.5 Å². The molecule has 0 radical (unpaired) electrons. The lowest BCUT2D eigenvalue weighted by Crippen LogP contribution is -2.11. The van der Waals surface area contributed by atoms with Gasteiger partial charge in [-0.15, -0.1) is 0 Å². The van der Waals surface area contributed by atoms with Gasteiger partial charge in [0.15, 0.2) is 5.58 Å². The fourth-order valence-electron chi connectivity index (χ4n) is 8.11. The van der Waals surface area contributed by atoms with Crippen LogP contribution in [0.1, 0.15) is 0 Å². The lowest BCUT2D eigenvalue weighted by Gasteiger charge is -2.28. The molecule has 0 atom stereocenters. The Bertz CT molecular complexity index is 3250. The molecule has 0 saturated carbocycles. The maximum atomic E-state index is 6.38. The molecule has 11 aromatic rings. The molecule has 11 rings (SSSR count). The average molecular weight is 731 g/mol. The van der Waals surface area contributed by atoms with Gasteiger partial charge < -0.3 is 13.7 Å². The van der Waals surface area contributed by atoms with E-state index in [2.05, 4.69) is 175 Å². The summed E-state index contributed by atoms with van der Waals surface area (Å²) in [6.45, 7) is 0. The second-order valence-corrected chi connectivity index (χ2v) is 14.4. The zero-order chi connectivity index (χ0) is 37.7. The topological polar surface area (TPSA) is 42.4 Å². The SMILES string of the molecule is c1ccc(-c2ccccc2N(c2ccc(-c3cccc4oc(-c5ccc6c(c5)oc5ccccc56)nc34)cc2)c2cccc(-c3ccc4ccccc4c3)c2)cc1. The van der Waals surface area contributed by atoms with Crippen molar-refractivity contribution in [3.05, 3.63) is 206 Å². The number of furan rings is 1. The molecule has 0 saturated heterocycles. The summed E-state index contributed by atoms with van der Waals surface area (Å²) in [5.74, 6) is 0.561. The van der Waals surface area contributed by atoms with Crippen LogP contribution in [0.3, 0.4) is 0 Å². The van der Waals surface area contributed by atoms with Crippen LogP contribution in [-0.2, 0) is 0 Å². The molecule has 0 aliphatic heterocycles. The third-order valence-corrected chi connectivity index (χ3v) is 10.9. The molecule has 4 nitrogen and oxygen atoms in total. The van der Waals surface area contributed by atoms with E-state index in [1.165, 1.54) is 16.3 Å². The summed E-state index contributed by atoms with van der Waals surface area (Å²) in [6.07, 6.45) is 0. The van der Waals surface area contributed by atoms with Crippen LogP contribution in [0.25, 0.3) is 88.6 Å². The predicted molar refractivity (Wildman–Crippen MR) is 235 cm³/mol. The number of aromatic nitrogens is 1. The number of benzene rings is 9. The van der Waals surface area contributed by atoms with Gasteiger partial charge in [0.05, 0.1) is 5.69 Å². The number of fused-ring (bicyclic) bond motifs is 5. The summed E-state index contributed by atoms with van der Waals surface area (Å²) in [5.41, 5.74) is 14.0. The van der Waals surface area contributed by atoms with Crippen LogP contribution >= 0.6 is 0 Å². The van der Waals surface area contributed by atoms with E-state index in [0.29, 0.717) is 5.89 Å². The number of rotatable bonds is 7. The molecule has 0 fully saturated rings. The van der Waals surface area contributed by atoms with Gasteiger partial charge in [0.2, 0.25) is 5.89 Å². The standard InChI is InChI=1S/C53H34N2O2/c1-2-13-36(14-3-1)44-18-6-8-21-48(44)55(43-17-10-16-39(33-43)40-25-24-35-12-4-5-15-38(35)32-40)42-29-26-37(27-30-42)45-20-11-23-50-52(45)54-53(57-50)41-28-31-47-46-19-7-9-22-49(46)56-51(47)34-41/h1-34H. The van der Waals surface area contributed by atoms with Gasteiger partial charge in [-0.1, -0.05) is 140 Å². The van der Waals surface area contributed by atoms with Gasteiger partial charge in [-0.2, -0.15) is 0 Å². The first-order valence-electron chi connectivity index (χ1n) is 19.2. The third kappa shape index (κ3) is 5.83. The normalized spacial score (nSPS) is 11.5. The fraction of sp³-hybridized carbons (Fsp3) is 0. The Balaban J connectivity index is 1.000. The van der Waals surface area contributed by atoms with Crippen LogP contribution in [-0.4, -0.2) is 4.98 Å². The Kier molecular flexibility index (Phi) is 7.78. The smallest absolute Gasteiger partial charge is 0.227 e. The Hall–Kier alpha value is -7.69. The lowest BCUT2D eigenvalue weighted by atomic mass is 9.99. The van der Waals surface area contributed by atoms with E-state index in [1.54, 1.807) is 0 Å². The van der Waals surface area contributed by atoms with Gasteiger partial charge in [-0.25, -0.2) is 4.98 Å². The molecule has 0 amide bonds. The Labute approximate surface area is 329 Å². The molecule has 4 heteroatoms. The van der Waals surface area contributed by atoms with Crippen molar-refractivity contribution in [1.29, 1.82) is 0 Å². The zero-order valence-electron chi connectivity index (χ0n) is 30.8. The fourth-order valence-corrected chi connectivity index (χ4v) is 8.11. The summed E-state index contributed by atoms with van der Waals surface area (Å²) in [4.78, 5) is 7.42. The number of hydrogen-bond acceptors (Lipinski definition) is 4. The van der Waals surface area contributed by atoms with Gasteiger partial charge >= 0.3 is 0 Å². The average Bonchev–Trinajstić information content (AvgIpc) is 3.89. The predicted octanol–water partition coefficient (Wildman–Crippen LogP) is 15.0. The number of anilines is 3. The molecule has 0 aliphatic carbocycles. The monoisotopic (exact) mass is 730 g/mol. The highest BCUT2D eigenvalue weighted by Gasteiger charge is 2.19. The summed E-state index contributed by atoms with van der Waals surface area (Å²) < 4.78 is 12.6. The van der Waals surface area contributed by atoms with Gasteiger partial charge in [0, 0.05) is 38.8 Å². The highest BCUT2D eigenvalue weighted by molar-refractivity contribution is 6.06. The molecule has 0 spiro atoms. The number of para-hydroxylation sites is 3. The Morgan fingerprint density at radius 2 is 1.00 bits per heavy atom. The minimum Gasteiger partial charge on any atom is -0.456 e.